The second-order valence-corrected chi connectivity index (χ2v) is 6.77. The van der Waals surface area contributed by atoms with E-state index in [9.17, 15) is 9.59 Å². The number of carbonyl (C=O) groups is 2. The number of ether oxygens (including phenoxy) is 1. The van der Waals surface area contributed by atoms with Crippen LogP contribution in [0.25, 0.3) is 0 Å². The Bertz CT molecular complexity index is 554. The van der Waals surface area contributed by atoms with E-state index in [1.807, 2.05) is 43.0 Å². The summed E-state index contributed by atoms with van der Waals surface area (Å²) in [6.45, 7) is 5.97. The highest BCUT2D eigenvalue weighted by atomic mass is 16.5. The molecule has 5 nitrogen and oxygen atoms in total. The van der Waals surface area contributed by atoms with E-state index in [4.69, 9.17) is 4.74 Å². The summed E-state index contributed by atoms with van der Waals surface area (Å²) in [5.74, 6) is 1.38. The van der Waals surface area contributed by atoms with Crippen LogP contribution >= 0.6 is 0 Å². The topological polar surface area (TPSA) is 58.6 Å². The minimum absolute atomic E-state index is 0.00129. The Morgan fingerprint density at radius 3 is 2.62 bits per heavy atom. The summed E-state index contributed by atoms with van der Waals surface area (Å²) in [5, 5.41) is 2.98. The van der Waals surface area contributed by atoms with E-state index < -0.39 is 0 Å². The van der Waals surface area contributed by atoms with E-state index in [1.165, 1.54) is 0 Å². The van der Waals surface area contributed by atoms with Crippen molar-refractivity contribution < 1.29 is 14.3 Å². The molecule has 1 saturated heterocycles. The van der Waals surface area contributed by atoms with E-state index in [0.29, 0.717) is 18.9 Å². The predicted molar refractivity (Wildman–Crippen MR) is 93.8 cm³/mol. The number of nitrogens with zero attached hydrogens (tertiary/aromatic N) is 1. The number of hydrogen-bond acceptors (Lipinski definition) is 3. The Kier molecular flexibility index (Phi) is 6.64. The van der Waals surface area contributed by atoms with Gasteiger partial charge in [0.05, 0.1) is 13.5 Å². The van der Waals surface area contributed by atoms with Gasteiger partial charge in [-0.3, -0.25) is 9.59 Å². The molecule has 2 amide bonds. The molecule has 132 valence electrons. The molecule has 0 bridgehead atoms. The van der Waals surface area contributed by atoms with Crippen molar-refractivity contribution >= 4 is 11.8 Å². The molecular formula is C19H28N2O3. The molecule has 1 aliphatic heterocycles. The van der Waals surface area contributed by atoms with Crippen molar-refractivity contribution in [2.24, 2.45) is 11.8 Å². The van der Waals surface area contributed by atoms with Crippen molar-refractivity contribution in [1.29, 1.82) is 0 Å². The largest absolute Gasteiger partial charge is 0.497 e. The van der Waals surface area contributed by atoms with E-state index in [1.54, 1.807) is 7.11 Å². The molecule has 5 heteroatoms. The third-order valence-corrected chi connectivity index (χ3v) is 4.48. The smallest absolute Gasteiger partial charge is 0.226 e. The highest BCUT2D eigenvalue weighted by Crippen LogP contribution is 2.18. The minimum atomic E-state index is 0.00129. The summed E-state index contributed by atoms with van der Waals surface area (Å²) in [6.07, 6.45) is 2.47. The van der Waals surface area contributed by atoms with Gasteiger partial charge in [0.2, 0.25) is 11.8 Å². The van der Waals surface area contributed by atoms with Crippen LogP contribution in [0.1, 0.15) is 32.3 Å². The second kappa shape index (κ2) is 8.71. The molecular weight excluding hydrogens is 304 g/mol. The van der Waals surface area contributed by atoms with Crippen LogP contribution in [0.15, 0.2) is 24.3 Å². The average Bonchev–Trinajstić information content (AvgIpc) is 2.60. The molecule has 0 saturated carbocycles. The molecule has 1 N–H and O–H groups in total. The Hall–Kier alpha value is -2.04. The van der Waals surface area contributed by atoms with E-state index >= 15 is 0 Å². The van der Waals surface area contributed by atoms with Gasteiger partial charge in [-0.2, -0.15) is 0 Å². The molecule has 0 aliphatic carbocycles. The number of amides is 2. The Balaban J connectivity index is 1.84. The van der Waals surface area contributed by atoms with Crippen LogP contribution < -0.4 is 10.1 Å². The van der Waals surface area contributed by atoms with Gasteiger partial charge >= 0.3 is 0 Å². The highest BCUT2D eigenvalue weighted by Gasteiger charge is 2.24. The van der Waals surface area contributed by atoms with Gasteiger partial charge in [-0.1, -0.05) is 26.0 Å². The third kappa shape index (κ3) is 5.25. The standard InChI is InChI=1S/C19H28N2O3/c1-14(2)19(23)20-12-16-5-4-10-21(13-16)18(22)11-15-6-8-17(24-3)9-7-15/h6-9,14,16H,4-5,10-13H2,1-3H3,(H,20,23)/t16-/m1/s1. The summed E-state index contributed by atoms with van der Waals surface area (Å²) in [6, 6.07) is 7.62. The van der Waals surface area contributed by atoms with Gasteiger partial charge in [-0.25, -0.2) is 0 Å². The number of hydrogen-bond donors (Lipinski definition) is 1. The van der Waals surface area contributed by atoms with Crippen LogP contribution in [0, 0.1) is 11.8 Å². The number of nitrogens with one attached hydrogen (secondary N) is 1. The molecule has 0 unspecified atom stereocenters. The van der Waals surface area contributed by atoms with Gasteiger partial charge in [0.25, 0.3) is 0 Å². The number of methoxy groups -OCH3 is 1. The summed E-state index contributed by atoms with van der Waals surface area (Å²) < 4.78 is 5.14. The monoisotopic (exact) mass is 332 g/mol. The van der Waals surface area contributed by atoms with Crippen molar-refractivity contribution in [3.8, 4) is 5.75 Å². The maximum Gasteiger partial charge on any atom is 0.226 e. The van der Waals surface area contributed by atoms with Gasteiger partial charge in [0.15, 0.2) is 0 Å². The number of piperidine rings is 1. The van der Waals surface area contributed by atoms with Crippen molar-refractivity contribution in [2.45, 2.75) is 33.1 Å². The van der Waals surface area contributed by atoms with Gasteiger partial charge in [0, 0.05) is 25.6 Å². The lowest BCUT2D eigenvalue weighted by Crippen LogP contribution is -2.44. The number of carbonyl (C=O) groups excluding carboxylic acids is 2. The highest BCUT2D eigenvalue weighted by molar-refractivity contribution is 5.79. The molecule has 24 heavy (non-hydrogen) atoms. The normalized spacial score (nSPS) is 17.7. The fraction of sp³-hybridized carbons (Fsp3) is 0.579. The lowest BCUT2D eigenvalue weighted by Gasteiger charge is -2.33. The van der Waals surface area contributed by atoms with Crippen LogP contribution in [0.3, 0.4) is 0 Å². The summed E-state index contributed by atoms with van der Waals surface area (Å²) >= 11 is 0. The molecule has 1 heterocycles. The first kappa shape index (κ1) is 18.3. The fourth-order valence-corrected chi connectivity index (χ4v) is 2.94. The molecule has 0 spiro atoms. The molecule has 1 fully saturated rings. The van der Waals surface area contributed by atoms with Crippen LogP contribution in [0.5, 0.6) is 5.75 Å². The van der Waals surface area contributed by atoms with Crippen molar-refractivity contribution in [1.82, 2.24) is 10.2 Å². The van der Waals surface area contributed by atoms with Gasteiger partial charge < -0.3 is 15.0 Å². The van der Waals surface area contributed by atoms with Crippen LogP contribution in [0.2, 0.25) is 0 Å². The molecule has 0 radical (unpaired) electrons. The molecule has 1 aliphatic rings. The number of likely N-dealkylation sites (tertiary alicyclic amines) is 1. The van der Waals surface area contributed by atoms with Crippen LogP contribution in [-0.2, 0) is 16.0 Å². The summed E-state index contributed by atoms with van der Waals surface area (Å²) in [7, 11) is 1.63. The molecule has 2 rings (SSSR count). The van der Waals surface area contributed by atoms with Gasteiger partial charge in [-0.15, -0.1) is 0 Å². The second-order valence-electron chi connectivity index (χ2n) is 6.77. The molecule has 0 aromatic heterocycles. The van der Waals surface area contributed by atoms with E-state index in [2.05, 4.69) is 5.32 Å². The molecule has 1 aromatic rings. The third-order valence-electron chi connectivity index (χ3n) is 4.48. The first-order valence-electron chi connectivity index (χ1n) is 8.68. The summed E-state index contributed by atoms with van der Waals surface area (Å²) in [4.78, 5) is 26.1. The SMILES string of the molecule is COc1ccc(CC(=O)N2CCC[C@H](CNC(=O)C(C)C)C2)cc1. The zero-order valence-electron chi connectivity index (χ0n) is 14.9. The average molecular weight is 332 g/mol. The number of rotatable bonds is 6. The Morgan fingerprint density at radius 2 is 2.00 bits per heavy atom. The van der Waals surface area contributed by atoms with Crippen molar-refractivity contribution in [3.63, 3.8) is 0 Å². The van der Waals surface area contributed by atoms with E-state index in [0.717, 1.165) is 37.2 Å². The number of benzene rings is 1. The van der Waals surface area contributed by atoms with Crippen molar-refractivity contribution in [3.05, 3.63) is 29.8 Å². The minimum Gasteiger partial charge on any atom is -0.497 e. The first-order chi connectivity index (χ1) is 11.5. The molecule has 1 aromatic carbocycles. The lowest BCUT2D eigenvalue weighted by atomic mass is 9.97. The molecule has 1 atom stereocenters. The lowest BCUT2D eigenvalue weighted by molar-refractivity contribution is -0.132. The maximum atomic E-state index is 12.5. The van der Waals surface area contributed by atoms with Gasteiger partial charge in [-0.05, 0) is 36.5 Å². The van der Waals surface area contributed by atoms with Gasteiger partial charge in [0.1, 0.15) is 5.75 Å². The predicted octanol–water partition coefficient (Wildman–Crippen LogP) is 2.25. The van der Waals surface area contributed by atoms with Crippen LogP contribution in [0.4, 0.5) is 0 Å². The summed E-state index contributed by atoms with van der Waals surface area (Å²) in [5.41, 5.74) is 0.996. The Labute approximate surface area is 144 Å². The van der Waals surface area contributed by atoms with Crippen molar-refractivity contribution in [2.75, 3.05) is 26.7 Å². The quantitative estimate of drug-likeness (QED) is 0.869. The van der Waals surface area contributed by atoms with Crippen LogP contribution in [-0.4, -0.2) is 43.5 Å². The maximum absolute atomic E-state index is 12.5. The first-order valence-corrected chi connectivity index (χ1v) is 8.68. The Morgan fingerprint density at radius 1 is 1.29 bits per heavy atom. The fourth-order valence-electron chi connectivity index (χ4n) is 2.94. The zero-order valence-corrected chi connectivity index (χ0v) is 14.9. The zero-order chi connectivity index (χ0) is 17.5. The van der Waals surface area contributed by atoms with E-state index in [-0.39, 0.29) is 17.7 Å².